The highest BCUT2D eigenvalue weighted by Crippen LogP contribution is 2.27. The van der Waals surface area contributed by atoms with Crippen LogP contribution in [-0.2, 0) is 7.05 Å². The molecule has 0 bridgehead atoms. The zero-order valence-corrected chi connectivity index (χ0v) is 10.1. The predicted octanol–water partition coefficient (Wildman–Crippen LogP) is 0.845. The van der Waals surface area contributed by atoms with Crippen LogP contribution in [0, 0.1) is 0 Å². The van der Waals surface area contributed by atoms with Crippen molar-refractivity contribution in [2.24, 2.45) is 7.05 Å². The Morgan fingerprint density at radius 2 is 2.24 bits per heavy atom. The molecule has 2 rings (SSSR count). The molecule has 5 nitrogen and oxygen atoms in total. The summed E-state index contributed by atoms with van der Waals surface area (Å²) in [6, 6.07) is 0. The molecular formula is C12H19N3O2. The van der Waals surface area contributed by atoms with Crippen LogP contribution >= 0.6 is 0 Å². The van der Waals surface area contributed by atoms with Gasteiger partial charge in [0, 0.05) is 19.8 Å². The molecule has 5 heteroatoms. The summed E-state index contributed by atoms with van der Waals surface area (Å²) in [6.07, 6.45) is 8.01. The Morgan fingerprint density at radius 1 is 1.53 bits per heavy atom. The maximum absolute atomic E-state index is 11.8. The molecule has 17 heavy (non-hydrogen) atoms. The van der Waals surface area contributed by atoms with E-state index in [-0.39, 0.29) is 5.91 Å². The van der Waals surface area contributed by atoms with E-state index in [9.17, 15) is 9.90 Å². The van der Waals surface area contributed by atoms with Crippen molar-refractivity contribution in [2.75, 3.05) is 6.54 Å². The first-order chi connectivity index (χ1) is 8.09. The highest BCUT2D eigenvalue weighted by Gasteiger charge is 2.29. The third kappa shape index (κ3) is 3.06. The van der Waals surface area contributed by atoms with Crippen LogP contribution in [0.4, 0.5) is 0 Å². The second-order valence-corrected chi connectivity index (χ2v) is 4.87. The van der Waals surface area contributed by atoms with Crippen LogP contribution in [0.1, 0.15) is 42.5 Å². The van der Waals surface area contributed by atoms with E-state index in [2.05, 4.69) is 10.4 Å². The highest BCUT2D eigenvalue weighted by atomic mass is 16.3. The van der Waals surface area contributed by atoms with E-state index in [0.29, 0.717) is 12.1 Å². The van der Waals surface area contributed by atoms with Gasteiger partial charge < -0.3 is 10.4 Å². The summed E-state index contributed by atoms with van der Waals surface area (Å²) in [4.78, 5) is 11.8. The first-order valence-corrected chi connectivity index (χ1v) is 6.08. The Balaban J connectivity index is 1.87. The molecule has 1 aromatic rings. The molecule has 0 spiro atoms. The number of nitrogens with zero attached hydrogens (tertiary/aromatic N) is 2. The van der Waals surface area contributed by atoms with Crippen molar-refractivity contribution in [1.82, 2.24) is 15.1 Å². The van der Waals surface area contributed by atoms with Crippen LogP contribution in [0.5, 0.6) is 0 Å². The maximum atomic E-state index is 11.8. The molecule has 0 atom stereocenters. The Morgan fingerprint density at radius 3 is 2.82 bits per heavy atom. The molecule has 0 aliphatic heterocycles. The lowest BCUT2D eigenvalue weighted by Crippen LogP contribution is -2.44. The van der Waals surface area contributed by atoms with Gasteiger partial charge in [-0.25, -0.2) is 0 Å². The molecule has 0 unspecified atom stereocenters. The second-order valence-electron chi connectivity index (χ2n) is 4.87. The van der Waals surface area contributed by atoms with Gasteiger partial charge in [0.25, 0.3) is 5.91 Å². The largest absolute Gasteiger partial charge is 0.388 e. The zero-order chi connectivity index (χ0) is 12.3. The lowest BCUT2D eigenvalue weighted by Gasteiger charge is -2.32. The molecular weight excluding hydrogens is 218 g/mol. The van der Waals surface area contributed by atoms with Crippen LogP contribution < -0.4 is 5.32 Å². The third-order valence-corrected chi connectivity index (χ3v) is 3.33. The average molecular weight is 237 g/mol. The first kappa shape index (κ1) is 12.1. The van der Waals surface area contributed by atoms with Crippen molar-refractivity contribution < 1.29 is 9.90 Å². The monoisotopic (exact) mass is 237 g/mol. The molecule has 2 N–H and O–H groups in total. The van der Waals surface area contributed by atoms with Crippen LogP contribution in [0.2, 0.25) is 0 Å². The van der Waals surface area contributed by atoms with E-state index in [4.69, 9.17) is 0 Å². The summed E-state index contributed by atoms with van der Waals surface area (Å²) in [6.45, 7) is 0.334. The normalized spacial score (nSPS) is 18.9. The summed E-state index contributed by atoms with van der Waals surface area (Å²) in [5.41, 5.74) is -0.178. The number of aryl methyl sites for hydroxylation is 1. The summed E-state index contributed by atoms with van der Waals surface area (Å²) >= 11 is 0. The molecule has 1 saturated carbocycles. The number of hydrogen-bond donors (Lipinski definition) is 2. The van der Waals surface area contributed by atoms with Gasteiger partial charge in [-0.2, -0.15) is 5.10 Å². The molecule has 0 radical (unpaired) electrons. The average Bonchev–Trinajstić information content (AvgIpc) is 2.74. The molecule has 1 aliphatic rings. The molecule has 1 fully saturated rings. The lowest BCUT2D eigenvalue weighted by atomic mass is 9.85. The fourth-order valence-corrected chi connectivity index (χ4v) is 2.27. The summed E-state index contributed by atoms with van der Waals surface area (Å²) < 4.78 is 1.59. The number of carbonyl (C=O) groups is 1. The smallest absolute Gasteiger partial charge is 0.254 e. The van der Waals surface area contributed by atoms with Crippen LogP contribution in [0.15, 0.2) is 12.4 Å². The first-order valence-electron chi connectivity index (χ1n) is 6.08. The number of carbonyl (C=O) groups excluding carboxylic acids is 1. The van der Waals surface area contributed by atoms with Gasteiger partial charge in [0.1, 0.15) is 0 Å². The summed E-state index contributed by atoms with van der Waals surface area (Å²) in [7, 11) is 1.77. The van der Waals surface area contributed by atoms with Crippen LogP contribution in [-0.4, -0.2) is 32.9 Å². The van der Waals surface area contributed by atoms with Gasteiger partial charge in [-0.1, -0.05) is 19.3 Å². The van der Waals surface area contributed by atoms with Crippen molar-refractivity contribution in [2.45, 2.75) is 37.7 Å². The summed E-state index contributed by atoms with van der Waals surface area (Å²) in [5, 5.41) is 17.0. The van der Waals surface area contributed by atoms with Crippen molar-refractivity contribution in [3.63, 3.8) is 0 Å². The number of amides is 1. The standard InChI is InChI=1S/C12H19N3O2/c1-15-8-10(7-14-15)11(16)13-9-12(17)5-3-2-4-6-12/h7-8,17H,2-6,9H2,1H3,(H,13,16). The van der Waals surface area contributed by atoms with E-state index in [1.807, 2.05) is 0 Å². The van der Waals surface area contributed by atoms with E-state index in [0.717, 1.165) is 25.7 Å². The number of aromatic nitrogens is 2. The van der Waals surface area contributed by atoms with E-state index >= 15 is 0 Å². The molecule has 1 aliphatic carbocycles. The zero-order valence-electron chi connectivity index (χ0n) is 10.1. The van der Waals surface area contributed by atoms with Crippen molar-refractivity contribution >= 4 is 5.91 Å². The Kier molecular flexibility index (Phi) is 3.47. The fraction of sp³-hybridized carbons (Fsp3) is 0.667. The van der Waals surface area contributed by atoms with Crippen molar-refractivity contribution in [3.05, 3.63) is 18.0 Å². The molecule has 0 saturated heterocycles. The minimum Gasteiger partial charge on any atom is -0.388 e. The van der Waals surface area contributed by atoms with Crippen molar-refractivity contribution in [1.29, 1.82) is 0 Å². The van der Waals surface area contributed by atoms with Crippen LogP contribution in [0.25, 0.3) is 0 Å². The minimum atomic E-state index is -0.712. The Hall–Kier alpha value is -1.36. The summed E-state index contributed by atoms with van der Waals surface area (Å²) in [5.74, 6) is -0.169. The van der Waals surface area contributed by atoms with Crippen LogP contribution in [0.3, 0.4) is 0 Å². The molecule has 94 valence electrons. The predicted molar refractivity (Wildman–Crippen MR) is 63.6 cm³/mol. The molecule has 1 amide bonds. The van der Waals surface area contributed by atoms with Gasteiger partial charge >= 0.3 is 0 Å². The number of aliphatic hydroxyl groups is 1. The molecule has 0 aromatic carbocycles. The Bertz CT molecular complexity index is 394. The quantitative estimate of drug-likeness (QED) is 0.818. The third-order valence-electron chi connectivity index (χ3n) is 3.33. The molecule has 1 aromatic heterocycles. The minimum absolute atomic E-state index is 0.169. The van der Waals surface area contributed by atoms with Crippen molar-refractivity contribution in [3.8, 4) is 0 Å². The van der Waals surface area contributed by atoms with E-state index in [1.54, 1.807) is 17.9 Å². The van der Waals surface area contributed by atoms with Gasteiger partial charge in [-0.3, -0.25) is 9.48 Å². The topological polar surface area (TPSA) is 67.2 Å². The van der Waals surface area contributed by atoms with Gasteiger partial charge in [-0.05, 0) is 12.8 Å². The number of hydrogen-bond acceptors (Lipinski definition) is 3. The van der Waals surface area contributed by atoms with E-state index in [1.165, 1.54) is 12.6 Å². The van der Waals surface area contributed by atoms with Gasteiger partial charge in [0.2, 0.25) is 0 Å². The number of nitrogens with one attached hydrogen (secondary N) is 1. The van der Waals surface area contributed by atoms with Gasteiger partial charge in [0.15, 0.2) is 0 Å². The van der Waals surface area contributed by atoms with E-state index < -0.39 is 5.60 Å². The van der Waals surface area contributed by atoms with Gasteiger partial charge in [0.05, 0.1) is 17.4 Å². The fourth-order valence-electron chi connectivity index (χ4n) is 2.27. The maximum Gasteiger partial charge on any atom is 0.254 e. The number of rotatable bonds is 3. The lowest BCUT2D eigenvalue weighted by molar-refractivity contribution is 0.00525. The second kappa shape index (κ2) is 4.87. The van der Waals surface area contributed by atoms with Gasteiger partial charge in [-0.15, -0.1) is 0 Å². The Labute approximate surface area is 101 Å². The SMILES string of the molecule is Cn1cc(C(=O)NCC2(O)CCCCC2)cn1. The highest BCUT2D eigenvalue weighted by molar-refractivity contribution is 5.93. The molecule has 1 heterocycles.